The fourth-order valence-corrected chi connectivity index (χ4v) is 5.20. The maximum Gasteiger partial charge on any atom is 0.226 e. The minimum absolute atomic E-state index is 0.282. The number of benzene rings is 1. The van der Waals surface area contributed by atoms with E-state index in [4.69, 9.17) is 9.97 Å². The van der Waals surface area contributed by atoms with Gasteiger partial charge in [0.25, 0.3) is 0 Å². The molecular weight excluding hydrogens is 420 g/mol. The number of rotatable bonds is 5. The van der Waals surface area contributed by atoms with Gasteiger partial charge < -0.3 is 4.90 Å². The van der Waals surface area contributed by atoms with E-state index in [1.165, 1.54) is 29.5 Å². The lowest BCUT2D eigenvalue weighted by Crippen LogP contribution is -2.38. The number of amides is 1. The van der Waals surface area contributed by atoms with Crippen LogP contribution in [0.1, 0.15) is 62.1 Å². The third-order valence-corrected chi connectivity index (χ3v) is 7.17. The van der Waals surface area contributed by atoms with Crippen molar-refractivity contribution in [2.75, 3.05) is 13.1 Å². The Kier molecular flexibility index (Phi) is 6.79. The number of pyridine rings is 1. The lowest BCUT2D eigenvalue weighted by molar-refractivity contribution is -0.131. The van der Waals surface area contributed by atoms with Gasteiger partial charge in [-0.3, -0.25) is 9.78 Å². The normalized spacial score (nSPS) is 16.9. The van der Waals surface area contributed by atoms with Crippen molar-refractivity contribution in [3.05, 3.63) is 77.9 Å². The van der Waals surface area contributed by atoms with E-state index in [2.05, 4.69) is 47.1 Å². The zero-order chi connectivity index (χ0) is 23.3. The summed E-state index contributed by atoms with van der Waals surface area (Å²) >= 11 is 0. The van der Waals surface area contributed by atoms with E-state index in [0.29, 0.717) is 18.2 Å². The Labute approximate surface area is 202 Å². The molecule has 174 valence electrons. The lowest BCUT2D eigenvalue weighted by Gasteiger charge is -2.33. The average Bonchev–Trinajstić information content (AvgIpc) is 2.90. The third kappa shape index (κ3) is 4.93. The molecule has 0 atom stereocenters. The van der Waals surface area contributed by atoms with Gasteiger partial charge in [0, 0.05) is 55.1 Å². The lowest BCUT2D eigenvalue weighted by atomic mass is 9.87. The van der Waals surface area contributed by atoms with Crippen LogP contribution in [0.5, 0.6) is 0 Å². The summed E-state index contributed by atoms with van der Waals surface area (Å²) in [5.41, 5.74) is 6.84. The highest BCUT2D eigenvalue weighted by Crippen LogP contribution is 2.36. The van der Waals surface area contributed by atoms with Crippen molar-refractivity contribution in [3.8, 4) is 22.5 Å². The molecule has 1 amide bonds. The van der Waals surface area contributed by atoms with E-state index in [1.807, 2.05) is 24.5 Å². The van der Waals surface area contributed by atoms with E-state index in [1.54, 1.807) is 6.20 Å². The second-order valence-electron chi connectivity index (χ2n) is 9.49. The Bertz CT molecular complexity index is 1180. The molecule has 1 aliphatic carbocycles. The number of piperidine rings is 1. The van der Waals surface area contributed by atoms with Crippen LogP contribution in [0.4, 0.5) is 0 Å². The number of aromatic nitrogens is 3. The molecule has 3 heterocycles. The molecule has 0 saturated carbocycles. The second kappa shape index (κ2) is 10.3. The highest BCUT2D eigenvalue weighted by atomic mass is 16.2. The molecule has 3 aromatic rings. The highest BCUT2D eigenvalue weighted by Gasteiger charge is 2.28. The first-order chi connectivity index (χ1) is 16.7. The number of hydrogen-bond acceptors (Lipinski definition) is 4. The predicted molar refractivity (Wildman–Crippen MR) is 135 cm³/mol. The van der Waals surface area contributed by atoms with E-state index < -0.39 is 0 Å². The quantitative estimate of drug-likeness (QED) is 0.438. The molecule has 0 unspecified atom stereocenters. The van der Waals surface area contributed by atoms with Crippen LogP contribution in [0.15, 0.2) is 66.6 Å². The van der Waals surface area contributed by atoms with Gasteiger partial charge in [0.2, 0.25) is 5.91 Å². The minimum atomic E-state index is 0.282. The van der Waals surface area contributed by atoms with Gasteiger partial charge in [-0.15, -0.1) is 0 Å². The van der Waals surface area contributed by atoms with E-state index in [9.17, 15) is 4.79 Å². The topological polar surface area (TPSA) is 59.0 Å². The van der Waals surface area contributed by atoms with E-state index in [0.717, 1.165) is 55.6 Å². The van der Waals surface area contributed by atoms with Gasteiger partial charge in [-0.05, 0) is 68.7 Å². The largest absolute Gasteiger partial charge is 0.342 e. The van der Waals surface area contributed by atoms with Gasteiger partial charge in [-0.1, -0.05) is 35.9 Å². The Balaban J connectivity index is 1.39. The Morgan fingerprint density at radius 3 is 2.62 bits per heavy atom. The standard InChI is InChI=1S/C29H32N4O/c1-21-8-5-6-12-25(21)26-20-31-29(24-11-7-15-30-19-24)32-28(26)23-13-16-33(17-14-23)27(34)18-22-9-3-2-4-10-22/h5-9,11-12,15,19-20,23H,2-4,10,13-14,16-18H2,1H3. The molecule has 0 bridgehead atoms. The highest BCUT2D eigenvalue weighted by molar-refractivity contribution is 5.79. The summed E-state index contributed by atoms with van der Waals surface area (Å²) < 4.78 is 0. The first kappa shape index (κ1) is 22.5. The van der Waals surface area contributed by atoms with Crippen LogP contribution < -0.4 is 0 Å². The van der Waals surface area contributed by atoms with Crippen LogP contribution in [-0.2, 0) is 4.79 Å². The number of aryl methyl sites for hydroxylation is 1. The van der Waals surface area contributed by atoms with Crippen molar-refractivity contribution >= 4 is 5.91 Å². The summed E-state index contributed by atoms with van der Waals surface area (Å²) in [6.07, 6.45) is 15.0. The van der Waals surface area contributed by atoms with E-state index >= 15 is 0 Å². The van der Waals surface area contributed by atoms with Crippen molar-refractivity contribution in [2.24, 2.45) is 0 Å². The van der Waals surface area contributed by atoms with Crippen molar-refractivity contribution < 1.29 is 4.79 Å². The van der Waals surface area contributed by atoms with Crippen LogP contribution >= 0.6 is 0 Å². The Morgan fingerprint density at radius 1 is 1.03 bits per heavy atom. The molecule has 1 fully saturated rings. The molecule has 1 aliphatic heterocycles. The molecular formula is C29H32N4O. The molecule has 2 aromatic heterocycles. The number of carbonyl (C=O) groups excluding carboxylic acids is 1. The van der Waals surface area contributed by atoms with E-state index in [-0.39, 0.29) is 5.91 Å². The van der Waals surface area contributed by atoms with Crippen LogP contribution in [-0.4, -0.2) is 38.8 Å². The maximum absolute atomic E-state index is 12.9. The number of likely N-dealkylation sites (tertiary alicyclic amines) is 1. The molecule has 5 rings (SSSR count). The first-order valence-corrected chi connectivity index (χ1v) is 12.5. The summed E-state index contributed by atoms with van der Waals surface area (Å²) in [6, 6.07) is 12.3. The van der Waals surface area contributed by atoms with Crippen molar-refractivity contribution in [1.82, 2.24) is 19.9 Å². The summed E-state index contributed by atoms with van der Waals surface area (Å²) in [5.74, 6) is 1.29. The smallest absolute Gasteiger partial charge is 0.226 e. The SMILES string of the molecule is Cc1ccccc1-c1cnc(-c2cccnc2)nc1C1CCN(C(=O)CC2=CCCCC2)CC1. The Morgan fingerprint density at radius 2 is 1.88 bits per heavy atom. The third-order valence-electron chi connectivity index (χ3n) is 7.17. The summed E-state index contributed by atoms with van der Waals surface area (Å²) in [4.78, 5) is 29.0. The zero-order valence-electron chi connectivity index (χ0n) is 19.9. The monoisotopic (exact) mass is 452 g/mol. The summed E-state index contributed by atoms with van der Waals surface area (Å²) in [5, 5.41) is 0. The van der Waals surface area contributed by atoms with Gasteiger partial charge in [-0.2, -0.15) is 0 Å². The molecule has 0 radical (unpaired) electrons. The molecule has 2 aliphatic rings. The second-order valence-corrected chi connectivity index (χ2v) is 9.49. The van der Waals surface area contributed by atoms with Crippen LogP contribution in [0.25, 0.3) is 22.5 Å². The number of carbonyl (C=O) groups is 1. The van der Waals surface area contributed by atoms with Crippen molar-refractivity contribution in [1.29, 1.82) is 0 Å². The van der Waals surface area contributed by atoms with Gasteiger partial charge in [-0.25, -0.2) is 9.97 Å². The number of hydrogen-bond donors (Lipinski definition) is 0. The van der Waals surface area contributed by atoms with Crippen LogP contribution in [0.2, 0.25) is 0 Å². The van der Waals surface area contributed by atoms with Crippen LogP contribution in [0.3, 0.4) is 0 Å². The number of allylic oxidation sites excluding steroid dienone is 1. The molecule has 0 spiro atoms. The van der Waals surface area contributed by atoms with Crippen LogP contribution in [0, 0.1) is 6.92 Å². The summed E-state index contributed by atoms with van der Waals surface area (Å²) in [7, 11) is 0. The molecule has 0 N–H and O–H groups in total. The van der Waals surface area contributed by atoms with Crippen molar-refractivity contribution in [2.45, 2.75) is 57.8 Å². The molecule has 34 heavy (non-hydrogen) atoms. The number of nitrogens with zero attached hydrogens (tertiary/aromatic N) is 4. The summed E-state index contributed by atoms with van der Waals surface area (Å²) in [6.45, 7) is 3.71. The molecule has 5 heteroatoms. The molecule has 5 nitrogen and oxygen atoms in total. The fraction of sp³-hybridized carbons (Fsp3) is 0.379. The minimum Gasteiger partial charge on any atom is -0.342 e. The molecule has 1 saturated heterocycles. The Hall–Kier alpha value is -3.34. The average molecular weight is 453 g/mol. The van der Waals surface area contributed by atoms with Crippen molar-refractivity contribution in [3.63, 3.8) is 0 Å². The predicted octanol–water partition coefficient (Wildman–Crippen LogP) is 6.11. The maximum atomic E-state index is 12.9. The van der Waals surface area contributed by atoms with Gasteiger partial charge >= 0.3 is 0 Å². The van der Waals surface area contributed by atoms with Gasteiger partial charge in [0.1, 0.15) is 0 Å². The van der Waals surface area contributed by atoms with Gasteiger partial charge in [0.05, 0.1) is 5.69 Å². The first-order valence-electron chi connectivity index (χ1n) is 12.5. The molecule has 1 aromatic carbocycles. The van der Waals surface area contributed by atoms with Gasteiger partial charge in [0.15, 0.2) is 5.82 Å². The zero-order valence-corrected chi connectivity index (χ0v) is 19.9. The fourth-order valence-electron chi connectivity index (χ4n) is 5.20.